The Hall–Kier alpha value is -2.04. The van der Waals surface area contributed by atoms with Crippen molar-refractivity contribution >= 4 is 12.0 Å². The lowest BCUT2D eigenvalue weighted by Crippen LogP contribution is -2.44. The van der Waals surface area contributed by atoms with Crippen molar-refractivity contribution in [3.63, 3.8) is 0 Å². The maximum absolute atomic E-state index is 12.1. The summed E-state index contributed by atoms with van der Waals surface area (Å²) >= 11 is 0. The van der Waals surface area contributed by atoms with Crippen LogP contribution in [0.15, 0.2) is 30.3 Å². The molecular formula is C16H22N2O3. The van der Waals surface area contributed by atoms with Gasteiger partial charge in [-0.2, -0.15) is 0 Å². The number of carbonyl (C=O) groups excluding carboxylic acids is 1. The molecule has 3 unspecified atom stereocenters. The summed E-state index contributed by atoms with van der Waals surface area (Å²) in [5.41, 5.74) is 0.800. The third kappa shape index (κ3) is 4.48. The van der Waals surface area contributed by atoms with E-state index in [9.17, 15) is 9.59 Å². The van der Waals surface area contributed by atoms with E-state index in [0.29, 0.717) is 5.92 Å². The zero-order valence-electron chi connectivity index (χ0n) is 12.2. The third-order valence-electron chi connectivity index (χ3n) is 4.06. The van der Waals surface area contributed by atoms with Gasteiger partial charge in [0, 0.05) is 6.04 Å². The molecule has 0 aromatic heterocycles. The highest BCUT2D eigenvalue weighted by Crippen LogP contribution is 2.25. The minimum Gasteiger partial charge on any atom is -0.481 e. The zero-order chi connectivity index (χ0) is 15.2. The van der Waals surface area contributed by atoms with Crippen molar-refractivity contribution in [1.82, 2.24) is 10.6 Å². The molecule has 1 saturated carbocycles. The molecule has 1 aromatic carbocycles. The third-order valence-corrected chi connectivity index (χ3v) is 4.06. The smallest absolute Gasteiger partial charge is 0.315 e. The van der Waals surface area contributed by atoms with Gasteiger partial charge in [-0.05, 0) is 24.3 Å². The van der Waals surface area contributed by atoms with Gasteiger partial charge in [0.1, 0.15) is 0 Å². The predicted molar refractivity (Wildman–Crippen MR) is 79.9 cm³/mol. The molecule has 0 bridgehead atoms. The molecule has 1 fully saturated rings. The lowest BCUT2D eigenvalue weighted by atomic mass is 10.0. The van der Waals surface area contributed by atoms with Gasteiger partial charge in [0.05, 0.1) is 12.5 Å². The van der Waals surface area contributed by atoms with E-state index in [1.807, 2.05) is 30.3 Å². The maximum Gasteiger partial charge on any atom is 0.315 e. The standard InChI is InChI=1S/C16H22N2O3/c1-11-6-5-9-13(11)17-16(21)18-14(10-15(19)20)12-7-3-2-4-8-12/h2-4,7-8,11,13-14H,5-6,9-10H2,1H3,(H,19,20)(H2,17,18,21). The number of hydrogen-bond donors (Lipinski definition) is 3. The number of nitrogens with one attached hydrogen (secondary N) is 2. The van der Waals surface area contributed by atoms with Crippen LogP contribution in [0, 0.1) is 5.92 Å². The van der Waals surface area contributed by atoms with Gasteiger partial charge in [-0.25, -0.2) is 4.79 Å². The molecular weight excluding hydrogens is 268 g/mol. The van der Waals surface area contributed by atoms with E-state index in [4.69, 9.17) is 5.11 Å². The number of aliphatic carboxylic acids is 1. The first-order valence-electron chi connectivity index (χ1n) is 7.40. The number of amides is 2. The average Bonchev–Trinajstić information content (AvgIpc) is 2.84. The molecule has 0 heterocycles. The largest absolute Gasteiger partial charge is 0.481 e. The number of carboxylic acids is 1. The maximum atomic E-state index is 12.1. The van der Waals surface area contributed by atoms with Crippen LogP contribution in [-0.2, 0) is 4.79 Å². The van der Waals surface area contributed by atoms with Crippen LogP contribution in [-0.4, -0.2) is 23.1 Å². The zero-order valence-corrected chi connectivity index (χ0v) is 12.2. The van der Waals surface area contributed by atoms with E-state index in [0.717, 1.165) is 24.8 Å². The summed E-state index contributed by atoms with van der Waals surface area (Å²) in [6, 6.07) is 8.57. The Balaban J connectivity index is 1.98. The number of rotatable bonds is 5. The average molecular weight is 290 g/mol. The lowest BCUT2D eigenvalue weighted by molar-refractivity contribution is -0.137. The molecule has 114 valence electrons. The fraction of sp³-hybridized carbons (Fsp3) is 0.500. The van der Waals surface area contributed by atoms with E-state index >= 15 is 0 Å². The normalized spacial score (nSPS) is 22.5. The first-order valence-corrected chi connectivity index (χ1v) is 7.40. The second-order valence-corrected chi connectivity index (χ2v) is 5.69. The Morgan fingerprint density at radius 2 is 2.00 bits per heavy atom. The Kier molecular flexibility index (Phi) is 5.20. The molecule has 0 aliphatic heterocycles. The van der Waals surface area contributed by atoms with Crippen molar-refractivity contribution in [3.05, 3.63) is 35.9 Å². The Bertz CT molecular complexity index is 490. The van der Waals surface area contributed by atoms with Crippen LogP contribution in [0.25, 0.3) is 0 Å². The van der Waals surface area contributed by atoms with Gasteiger partial charge < -0.3 is 15.7 Å². The molecule has 5 nitrogen and oxygen atoms in total. The van der Waals surface area contributed by atoms with Gasteiger partial charge in [-0.15, -0.1) is 0 Å². The van der Waals surface area contributed by atoms with Crippen molar-refractivity contribution in [2.75, 3.05) is 0 Å². The first-order chi connectivity index (χ1) is 10.1. The fourth-order valence-electron chi connectivity index (χ4n) is 2.84. The summed E-state index contributed by atoms with van der Waals surface area (Å²) < 4.78 is 0. The molecule has 1 aromatic rings. The molecule has 2 rings (SSSR count). The molecule has 5 heteroatoms. The first kappa shape index (κ1) is 15.4. The monoisotopic (exact) mass is 290 g/mol. The minimum absolute atomic E-state index is 0.127. The Morgan fingerprint density at radius 1 is 1.29 bits per heavy atom. The highest BCUT2D eigenvalue weighted by Gasteiger charge is 2.26. The lowest BCUT2D eigenvalue weighted by Gasteiger charge is -2.22. The second kappa shape index (κ2) is 7.11. The van der Waals surface area contributed by atoms with Gasteiger partial charge in [-0.3, -0.25) is 4.79 Å². The number of hydrogen-bond acceptors (Lipinski definition) is 2. The quantitative estimate of drug-likeness (QED) is 0.780. The highest BCUT2D eigenvalue weighted by atomic mass is 16.4. The van der Waals surface area contributed by atoms with Gasteiger partial charge >= 0.3 is 12.0 Å². The van der Waals surface area contributed by atoms with Crippen LogP contribution < -0.4 is 10.6 Å². The van der Waals surface area contributed by atoms with Crippen molar-refractivity contribution in [3.8, 4) is 0 Å². The number of urea groups is 1. The van der Waals surface area contributed by atoms with E-state index < -0.39 is 12.0 Å². The van der Waals surface area contributed by atoms with E-state index in [2.05, 4.69) is 17.6 Å². The summed E-state index contributed by atoms with van der Waals surface area (Å²) in [5.74, 6) is -0.455. The van der Waals surface area contributed by atoms with Crippen LogP contribution >= 0.6 is 0 Å². The van der Waals surface area contributed by atoms with E-state index in [-0.39, 0.29) is 18.5 Å². The molecule has 0 radical (unpaired) electrons. The molecule has 3 atom stereocenters. The number of carbonyl (C=O) groups is 2. The molecule has 1 aliphatic rings. The van der Waals surface area contributed by atoms with E-state index in [1.54, 1.807) is 0 Å². The summed E-state index contributed by atoms with van der Waals surface area (Å²) in [6.45, 7) is 2.13. The van der Waals surface area contributed by atoms with Crippen LogP contribution in [0.4, 0.5) is 4.79 Å². The molecule has 0 spiro atoms. The molecule has 21 heavy (non-hydrogen) atoms. The fourth-order valence-corrected chi connectivity index (χ4v) is 2.84. The summed E-state index contributed by atoms with van der Waals surface area (Å²) in [4.78, 5) is 23.1. The topological polar surface area (TPSA) is 78.4 Å². The van der Waals surface area contributed by atoms with Crippen LogP contribution in [0.5, 0.6) is 0 Å². The minimum atomic E-state index is -0.932. The molecule has 0 saturated heterocycles. The highest BCUT2D eigenvalue weighted by molar-refractivity contribution is 5.76. The van der Waals surface area contributed by atoms with Crippen LogP contribution in [0.3, 0.4) is 0 Å². The van der Waals surface area contributed by atoms with Crippen molar-refractivity contribution in [2.45, 2.75) is 44.7 Å². The van der Waals surface area contributed by atoms with Gasteiger partial charge in [-0.1, -0.05) is 43.7 Å². The molecule has 1 aliphatic carbocycles. The summed E-state index contributed by atoms with van der Waals surface area (Å²) in [7, 11) is 0. The van der Waals surface area contributed by atoms with Gasteiger partial charge in [0.25, 0.3) is 0 Å². The number of carboxylic acid groups (broad SMARTS) is 1. The summed E-state index contributed by atoms with van der Waals surface area (Å²) in [6.07, 6.45) is 3.12. The van der Waals surface area contributed by atoms with E-state index in [1.165, 1.54) is 0 Å². The Labute approximate surface area is 124 Å². The van der Waals surface area contributed by atoms with Crippen LogP contribution in [0.1, 0.15) is 44.2 Å². The van der Waals surface area contributed by atoms with Crippen molar-refractivity contribution < 1.29 is 14.7 Å². The van der Waals surface area contributed by atoms with Gasteiger partial charge in [0.15, 0.2) is 0 Å². The number of benzene rings is 1. The van der Waals surface area contributed by atoms with Gasteiger partial charge in [0.2, 0.25) is 0 Å². The Morgan fingerprint density at radius 3 is 2.57 bits per heavy atom. The molecule has 2 amide bonds. The predicted octanol–water partition coefficient (Wildman–Crippen LogP) is 2.69. The summed E-state index contributed by atoms with van der Waals surface area (Å²) in [5, 5.41) is 14.8. The SMILES string of the molecule is CC1CCCC1NC(=O)NC(CC(=O)O)c1ccccc1. The van der Waals surface area contributed by atoms with Crippen LogP contribution in [0.2, 0.25) is 0 Å². The molecule has 3 N–H and O–H groups in total. The van der Waals surface area contributed by atoms with Crippen molar-refractivity contribution in [1.29, 1.82) is 0 Å². The van der Waals surface area contributed by atoms with Crippen molar-refractivity contribution in [2.24, 2.45) is 5.92 Å². The second-order valence-electron chi connectivity index (χ2n) is 5.69.